The summed E-state index contributed by atoms with van der Waals surface area (Å²) in [6.45, 7) is 10.7. The Morgan fingerprint density at radius 1 is 1.18 bits per heavy atom. The molecule has 0 aromatic rings. The topological polar surface area (TPSA) is 69.7 Å². The highest BCUT2D eigenvalue weighted by Gasteiger charge is 2.63. The minimum absolute atomic E-state index is 0.00277. The molecule has 0 amide bonds. The predicted octanol–water partition coefficient (Wildman–Crippen LogP) is 5.76. The highest BCUT2D eigenvalue weighted by atomic mass is 16.5. The monoisotopic (exact) mass is 472 g/mol. The molecule has 0 N–H and O–H groups in total. The fourth-order valence-electron chi connectivity index (χ4n) is 8.94. The van der Waals surface area contributed by atoms with Crippen LogP contribution in [0.1, 0.15) is 86.0 Å². The fraction of sp³-hybridized carbons (Fsp3) is 0.828. The molecule has 0 aliphatic heterocycles. The molecule has 10 atom stereocenters. The van der Waals surface area contributed by atoms with E-state index in [1.54, 1.807) is 0 Å². The number of allylic oxidation sites excluding steroid dienone is 2. The van der Waals surface area contributed by atoms with E-state index in [0.717, 1.165) is 44.9 Å². The minimum atomic E-state index is -0.215. The number of hydrogen-bond donors (Lipinski definition) is 0. The standard InChI is InChI=1S/C29H44O5/c1-7-20-24-16-19(34-18(3)30)12-14-29(24,5)23-13-15-28(4)21(17(2)8-11-25(31)33-6)9-10-22(28)26(23)27(20)32/h13,15,17,19-24,26H,7-12,14,16H2,1-6H3/t17-,19-,20-,21-,22?,23?,24+,26?,28-,29-/m1/s1. The second kappa shape index (κ2) is 9.43. The van der Waals surface area contributed by atoms with Crippen LogP contribution in [-0.2, 0) is 23.9 Å². The van der Waals surface area contributed by atoms with Gasteiger partial charge in [0, 0.05) is 25.2 Å². The Morgan fingerprint density at radius 3 is 2.56 bits per heavy atom. The van der Waals surface area contributed by atoms with E-state index in [1.807, 2.05) is 0 Å². The van der Waals surface area contributed by atoms with Gasteiger partial charge in [0.1, 0.15) is 11.9 Å². The summed E-state index contributed by atoms with van der Waals surface area (Å²) in [6.07, 6.45) is 11.9. The fourth-order valence-corrected chi connectivity index (χ4v) is 8.94. The molecule has 190 valence electrons. The number of ketones is 1. The van der Waals surface area contributed by atoms with Crippen LogP contribution in [0.2, 0.25) is 0 Å². The Labute approximate surface area is 205 Å². The number of fused-ring (bicyclic) bond motifs is 5. The summed E-state index contributed by atoms with van der Waals surface area (Å²) in [4.78, 5) is 37.5. The van der Waals surface area contributed by atoms with Gasteiger partial charge in [-0.1, -0.05) is 39.8 Å². The van der Waals surface area contributed by atoms with Crippen LogP contribution in [0, 0.1) is 52.3 Å². The first-order valence-electron chi connectivity index (χ1n) is 13.5. The molecule has 3 unspecified atom stereocenters. The average Bonchev–Trinajstić information content (AvgIpc) is 3.15. The van der Waals surface area contributed by atoms with E-state index in [9.17, 15) is 14.4 Å². The lowest BCUT2D eigenvalue weighted by Crippen LogP contribution is -2.59. The number of rotatable bonds is 6. The van der Waals surface area contributed by atoms with E-state index in [2.05, 4.69) is 39.8 Å². The summed E-state index contributed by atoms with van der Waals surface area (Å²) < 4.78 is 10.5. The Hall–Kier alpha value is -1.65. The van der Waals surface area contributed by atoms with Gasteiger partial charge in [-0.25, -0.2) is 0 Å². The molecule has 0 heterocycles. The van der Waals surface area contributed by atoms with Gasteiger partial charge in [-0.15, -0.1) is 0 Å². The van der Waals surface area contributed by atoms with Crippen LogP contribution in [0.3, 0.4) is 0 Å². The van der Waals surface area contributed by atoms with Crippen LogP contribution in [0.5, 0.6) is 0 Å². The third-order valence-electron chi connectivity index (χ3n) is 10.7. The Kier molecular flexibility index (Phi) is 7.05. The maximum atomic E-state index is 14.1. The van der Waals surface area contributed by atoms with Gasteiger partial charge in [-0.3, -0.25) is 14.4 Å². The summed E-state index contributed by atoms with van der Waals surface area (Å²) >= 11 is 0. The van der Waals surface area contributed by atoms with Crippen LogP contribution >= 0.6 is 0 Å². The van der Waals surface area contributed by atoms with Crippen molar-refractivity contribution in [3.05, 3.63) is 12.2 Å². The number of methoxy groups -OCH3 is 1. The van der Waals surface area contributed by atoms with E-state index in [-0.39, 0.29) is 52.5 Å². The maximum Gasteiger partial charge on any atom is 0.305 e. The summed E-state index contributed by atoms with van der Waals surface area (Å²) in [5.74, 6) is 2.07. The highest BCUT2D eigenvalue weighted by molar-refractivity contribution is 5.86. The van der Waals surface area contributed by atoms with E-state index < -0.39 is 0 Å². The predicted molar refractivity (Wildman–Crippen MR) is 131 cm³/mol. The zero-order valence-electron chi connectivity index (χ0n) is 22.0. The molecule has 3 fully saturated rings. The lowest BCUT2D eigenvalue weighted by molar-refractivity contribution is -0.166. The number of carbonyl (C=O) groups is 3. The van der Waals surface area contributed by atoms with Crippen molar-refractivity contribution in [2.75, 3.05) is 7.11 Å². The average molecular weight is 473 g/mol. The van der Waals surface area contributed by atoms with E-state index in [4.69, 9.17) is 9.47 Å². The zero-order valence-corrected chi connectivity index (χ0v) is 22.0. The quantitative estimate of drug-likeness (QED) is 0.363. The van der Waals surface area contributed by atoms with Crippen molar-refractivity contribution < 1.29 is 23.9 Å². The summed E-state index contributed by atoms with van der Waals surface area (Å²) in [7, 11) is 1.45. The third-order valence-corrected chi connectivity index (χ3v) is 10.7. The molecule has 0 aromatic carbocycles. The lowest BCUT2D eigenvalue weighted by Gasteiger charge is -2.60. The molecular weight excluding hydrogens is 428 g/mol. The first-order valence-corrected chi connectivity index (χ1v) is 13.5. The SMILES string of the molecule is CC[C@H]1C(=O)C2C3CC[C@H]([C@H](C)CCC(=O)OC)[C@@]3(C)C=CC2[C@@]2(C)CC[C@@H](OC(C)=O)C[C@@H]12. The van der Waals surface area contributed by atoms with Crippen molar-refractivity contribution in [1.29, 1.82) is 0 Å². The maximum absolute atomic E-state index is 14.1. The first-order chi connectivity index (χ1) is 16.1. The summed E-state index contributed by atoms with van der Waals surface area (Å²) in [5, 5.41) is 0. The summed E-state index contributed by atoms with van der Waals surface area (Å²) in [6, 6.07) is 0. The molecule has 0 saturated heterocycles. The van der Waals surface area contributed by atoms with Crippen molar-refractivity contribution in [2.24, 2.45) is 52.3 Å². The molecule has 0 spiro atoms. The molecule has 3 saturated carbocycles. The van der Waals surface area contributed by atoms with E-state index in [0.29, 0.717) is 30.0 Å². The van der Waals surface area contributed by atoms with Gasteiger partial charge < -0.3 is 9.47 Å². The molecule has 5 heteroatoms. The second-order valence-corrected chi connectivity index (χ2v) is 12.2. The molecule has 5 nitrogen and oxygen atoms in total. The minimum Gasteiger partial charge on any atom is -0.469 e. The second-order valence-electron chi connectivity index (χ2n) is 12.2. The van der Waals surface area contributed by atoms with Crippen LogP contribution in [-0.4, -0.2) is 30.9 Å². The molecule has 4 aliphatic carbocycles. The Balaban J connectivity index is 1.62. The molecule has 0 bridgehead atoms. The Morgan fingerprint density at radius 2 is 1.91 bits per heavy atom. The largest absolute Gasteiger partial charge is 0.469 e. The smallest absolute Gasteiger partial charge is 0.305 e. The van der Waals surface area contributed by atoms with Crippen LogP contribution in [0.15, 0.2) is 12.2 Å². The number of esters is 2. The van der Waals surface area contributed by atoms with Crippen molar-refractivity contribution in [3.63, 3.8) is 0 Å². The molecular formula is C29H44O5. The van der Waals surface area contributed by atoms with Gasteiger partial charge in [-0.05, 0) is 85.4 Å². The van der Waals surface area contributed by atoms with E-state index >= 15 is 0 Å². The highest BCUT2D eigenvalue weighted by Crippen LogP contribution is 2.66. The first kappa shape index (κ1) is 25.4. The van der Waals surface area contributed by atoms with Crippen molar-refractivity contribution in [2.45, 2.75) is 92.1 Å². The van der Waals surface area contributed by atoms with Crippen LogP contribution < -0.4 is 0 Å². The lowest BCUT2D eigenvalue weighted by atomic mass is 9.43. The molecule has 0 radical (unpaired) electrons. The number of hydrogen-bond acceptors (Lipinski definition) is 5. The van der Waals surface area contributed by atoms with Crippen LogP contribution in [0.4, 0.5) is 0 Å². The van der Waals surface area contributed by atoms with Crippen molar-refractivity contribution >= 4 is 17.7 Å². The third kappa shape index (κ3) is 4.05. The van der Waals surface area contributed by atoms with Gasteiger partial charge in [0.2, 0.25) is 0 Å². The number of Topliss-reactive ketones (excluding diaryl/α,β-unsaturated/α-hetero) is 1. The van der Waals surface area contributed by atoms with Gasteiger partial charge in [0.15, 0.2) is 0 Å². The van der Waals surface area contributed by atoms with Gasteiger partial charge >= 0.3 is 11.9 Å². The molecule has 0 aromatic heterocycles. The molecule has 4 aliphatic rings. The Bertz CT molecular complexity index is 847. The van der Waals surface area contributed by atoms with Crippen molar-refractivity contribution in [3.8, 4) is 0 Å². The van der Waals surface area contributed by atoms with Crippen LogP contribution in [0.25, 0.3) is 0 Å². The summed E-state index contributed by atoms with van der Waals surface area (Å²) in [5.41, 5.74) is 0.0745. The van der Waals surface area contributed by atoms with Gasteiger partial charge in [0.05, 0.1) is 7.11 Å². The van der Waals surface area contributed by atoms with Crippen molar-refractivity contribution in [1.82, 2.24) is 0 Å². The van der Waals surface area contributed by atoms with Gasteiger partial charge in [-0.2, -0.15) is 0 Å². The zero-order chi connectivity index (χ0) is 24.8. The number of carbonyl (C=O) groups excluding carboxylic acids is 3. The van der Waals surface area contributed by atoms with E-state index in [1.165, 1.54) is 14.0 Å². The molecule has 4 rings (SSSR count). The van der Waals surface area contributed by atoms with Gasteiger partial charge in [0.25, 0.3) is 0 Å². The molecule has 34 heavy (non-hydrogen) atoms. The number of ether oxygens (including phenoxy) is 2. The normalized spacial score (nSPS) is 43.9.